The molecule has 0 aliphatic heterocycles. The summed E-state index contributed by atoms with van der Waals surface area (Å²) < 4.78 is 5.58. The van der Waals surface area contributed by atoms with Gasteiger partial charge in [0.2, 0.25) is 0 Å². The summed E-state index contributed by atoms with van der Waals surface area (Å²) in [6, 6.07) is 0. The van der Waals surface area contributed by atoms with Crippen LogP contribution in [0, 0.1) is 11.3 Å². The summed E-state index contributed by atoms with van der Waals surface area (Å²) in [5, 5.41) is 0. The van der Waals surface area contributed by atoms with E-state index in [1.54, 1.807) is 0 Å². The summed E-state index contributed by atoms with van der Waals surface area (Å²) in [5.74, 6) is 0.383. The molecule has 0 radical (unpaired) electrons. The lowest BCUT2D eigenvalue weighted by molar-refractivity contribution is -0.149. The third-order valence-corrected chi connectivity index (χ3v) is 4.77. The molecule has 0 amide bonds. The first-order chi connectivity index (χ1) is 11.7. The minimum Gasteiger partial charge on any atom is -0.463 e. The maximum atomic E-state index is 12.0. The van der Waals surface area contributed by atoms with Crippen molar-refractivity contribution in [2.45, 2.75) is 131 Å². The summed E-state index contributed by atoms with van der Waals surface area (Å²) in [4.78, 5) is 12.0. The highest BCUT2D eigenvalue weighted by atomic mass is 16.5. The summed E-state index contributed by atoms with van der Waals surface area (Å²) in [6.07, 6.45) is 16.2. The molecule has 0 saturated carbocycles. The highest BCUT2D eigenvalue weighted by molar-refractivity contribution is 5.69. The van der Waals surface area contributed by atoms with E-state index in [-0.39, 0.29) is 17.5 Å². The fourth-order valence-electron chi connectivity index (χ4n) is 3.65. The molecule has 2 unspecified atom stereocenters. The topological polar surface area (TPSA) is 26.3 Å². The maximum absolute atomic E-state index is 12.0. The van der Waals surface area contributed by atoms with Gasteiger partial charge in [0.15, 0.2) is 0 Å². The molecule has 2 atom stereocenters. The van der Waals surface area contributed by atoms with Crippen molar-refractivity contribution in [3.8, 4) is 0 Å². The van der Waals surface area contributed by atoms with Gasteiger partial charge in [-0.2, -0.15) is 0 Å². The van der Waals surface area contributed by atoms with Crippen LogP contribution >= 0.6 is 0 Å². The van der Waals surface area contributed by atoms with Crippen molar-refractivity contribution in [2.75, 3.05) is 0 Å². The van der Waals surface area contributed by atoms with Crippen molar-refractivity contribution >= 4 is 5.97 Å². The van der Waals surface area contributed by atoms with E-state index >= 15 is 0 Å². The Balaban J connectivity index is 3.54. The van der Waals surface area contributed by atoms with E-state index in [9.17, 15) is 4.79 Å². The molecule has 0 aliphatic rings. The van der Waals surface area contributed by atoms with Crippen LogP contribution in [0.1, 0.15) is 125 Å². The summed E-state index contributed by atoms with van der Waals surface area (Å²) in [5.41, 5.74) is 0.279. The summed E-state index contributed by atoms with van der Waals surface area (Å²) in [7, 11) is 0. The molecule has 0 aliphatic carbocycles. The maximum Gasteiger partial charge on any atom is 0.306 e. The smallest absolute Gasteiger partial charge is 0.306 e. The van der Waals surface area contributed by atoms with Gasteiger partial charge in [-0.1, -0.05) is 92.4 Å². The molecule has 0 heterocycles. The Morgan fingerprint density at radius 2 is 1.32 bits per heavy atom. The lowest BCUT2D eigenvalue weighted by atomic mass is 9.84. The lowest BCUT2D eigenvalue weighted by Crippen LogP contribution is -2.19. The third kappa shape index (κ3) is 18.1. The zero-order valence-electron chi connectivity index (χ0n) is 18.2. The average molecular weight is 355 g/mol. The van der Waals surface area contributed by atoms with Crippen LogP contribution in [0.5, 0.6) is 0 Å². The van der Waals surface area contributed by atoms with Gasteiger partial charge in [0, 0.05) is 6.42 Å². The number of esters is 1. The van der Waals surface area contributed by atoms with Gasteiger partial charge in [0.25, 0.3) is 0 Å². The molecule has 0 fully saturated rings. The molecule has 0 aromatic heterocycles. The molecular formula is C23H46O2. The van der Waals surface area contributed by atoms with Gasteiger partial charge in [-0.3, -0.25) is 4.79 Å². The predicted molar refractivity (Wildman–Crippen MR) is 110 cm³/mol. The van der Waals surface area contributed by atoms with E-state index in [1.165, 1.54) is 64.2 Å². The second-order valence-electron chi connectivity index (χ2n) is 9.35. The molecular weight excluding hydrogens is 308 g/mol. The second-order valence-corrected chi connectivity index (χ2v) is 9.35. The summed E-state index contributed by atoms with van der Waals surface area (Å²) >= 11 is 0. The van der Waals surface area contributed by atoms with Crippen LogP contribution in [0.3, 0.4) is 0 Å². The molecule has 0 N–H and O–H groups in total. The molecule has 150 valence electrons. The van der Waals surface area contributed by atoms with Crippen molar-refractivity contribution < 1.29 is 9.53 Å². The fraction of sp³-hybridized carbons (Fsp3) is 0.957. The molecule has 0 saturated heterocycles. The first kappa shape index (κ1) is 24.5. The van der Waals surface area contributed by atoms with E-state index in [0.29, 0.717) is 12.3 Å². The third-order valence-electron chi connectivity index (χ3n) is 4.77. The van der Waals surface area contributed by atoms with Gasteiger partial charge >= 0.3 is 5.97 Å². The van der Waals surface area contributed by atoms with Gasteiger partial charge in [0.05, 0.1) is 6.10 Å². The van der Waals surface area contributed by atoms with Crippen LogP contribution in [-0.4, -0.2) is 12.1 Å². The van der Waals surface area contributed by atoms with Crippen molar-refractivity contribution in [3.63, 3.8) is 0 Å². The quantitative estimate of drug-likeness (QED) is 0.222. The van der Waals surface area contributed by atoms with Crippen LogP contribution in [-0.2, 0) is 9.53 Å². The highest BCUT2D eigenvalue weighted by Crippen LogP contribution is 2.26. The van der Waals surface area contributed by atoms with E-state index < -0.39 is 0 Å². The van der Waals surface area contributed by atoms with Crippen molar-refractivity contribution in [2.24, 2.45) is 11.3 Å². The largest absolute Gasteiger partial charge is 0.463 e. The summed E-state index contributed by atoms with van der Waals surface area (Å²) in [6.45, 7) is 13.1. The van der Waals surface area contributed by atoms with Crippen LogP contribution in [0.15, 0.2) is 0 Å². The fourth-order valence-corrected chi connectivity index (χ4v) is 3.65. The number of hydrogen-bond donors (Lipinski definition) is 0. The number of unbranched alkanes of at least 4 members (excludes halogenated alkanes) is 9. The normalized spacial score (nSPS) is 14.3. The monoisotopic (exact) mass is 354 g/mol. The van der Waals surface area contributed by atoms with E-state index in [1.807, 2.05) is 6.92 Å². The van der Waals surface area contributed by atoms with Crippen LogP contribution < -0.4 is 0 Å². The number of hydrogen-bond acceptors (Lipinski definition) is 2. The van der Waals surface area contributed by atoms with Crippen molar-refractivity contribution in [1.82, 2.24) is 0 Å². The van der Waals surface area contributed by atoms with Gasteiger partial charge < -0.3 is 4.74 Å². The van der Waals surface area contributed by atoms with E-state index in [2.05, 4.69) is 34.6 Å². The van der Waals surface area contributed by atoms with E-state index in [4.69, 9.17) is 4.74 Å². The Bertz CT molecular complexity index is 317. The first-order valence-corrected chi connectivity index (χ1v) is 10.9. The van der Waals surface area contributed by atoms with Crippen molar-refractivity contribution in [1.29, 1.82) is 0 Å². The Kier molecular flexibility index (Phi) is 14.3. The SMILES string of the molecule is CCCCCCCCCCCCC(C)OC(=O)CC(C)CC(C)(C)C. The van der Waals surface area contributed by atoms with Crippen LogP contribution in [0.25, 0.3) is 0 Å². The standard InChI is InChI=1S/C23H46O2/c1-7-8-9-10-11-12-13-14-15-16-17-21(3)25-22(24)18-20(2)19-23(4,5)6/h20-21H,7-19H2,1-6H3. The Morgan fingerprint density at radius 1 is 0.840 bits per heavy atom. The number of carbonyl (C=O) groups is 1. The lowest BCUT2D eigenvalue weighted by Gasteiger charge is -2.23. The minimum atomic E-state index is -0.0173. The van der Waals surface area contributed by atoms with Gasteiger partial charge in [0.1, 0.15) is 0 Å². The van der Waals surface area contributed by atoms with Gasteiger partial charge in [-0.15, -0.1) is 0 Å². The molecule has 0 spiro atoms. The zero-order chi connectivity index (χ0) is 19.1. The van der Waals surface area contributed by atoms with E-state index in [0.717, 1.165) is 12.8 Å². The molecule has 0 aromatic rings. The molecule has 0 aromatic carbocycles. The van der Waals surface area contributed by atoms with Crippen LogP contribution in [0.2, 0.25) is 0 Å². The number of ether oxygens (including phenoxy) is 1. The Hall–Kier alpha value is -0.530. The van der Waals surface area contributed by atoms with Crippen LogP contribution in [0.4, 0.5) is 0 Å². The molecule has 0 rings (SSSR count). The molecule has 2 heteroatoms. The average Bonchev–Trinajstić information content (AvgIpc) is 2.46. The molecule has 2 nitrogen and oxygen atoms in total. The van der Waals surface area contributed by atoms with Crippen molar-refractivity contribution in [3.05, 3.63) is 0 Å². The zero-order valence-corrected chi connectivity index (χ0v) is 18.2. The Morgan fingerprint density at radius 3 is 1.80 bits per heavy atom. The minimum absolute atomic E-state index is 0.0173. The molecule has 25 heavy (non-hydrogen) atoms. The first-order valence-electron chi connectivity index (χ1n) is 10.9. The van der Waals surface area contributed by atoms with Gasteiger partial charge in [-0.25, -0.2) is 0 Å². The Labute approximate surface area is 158 Å². The second kappa shape index (κ2) is 14.6. The highest BCUT2D eigenvalue weighted by Gasteiger charge is 2.19. The molecule has 0 bridgehead atoms. The number of carbonyl (C=O) groups excluding carboxylic acids is 1. The number of rotatable bonds is 15. The predicted octanol–water partition coefficient (Wildman–Crippen LogP) is 7.69. The van der Waals surface area contributed by atoms with Gasteiger partial charge in [-0.05, 0) is 37.5 Å².